The first-order chi connectivity index (χ1) is 17.2. The zero-order valence-electron chi connectivity index (χ0n) is 21.1. The van der Waals surface area contributed by atoms with E-state index in [1.165, 1.54) is 12.8 Å². The Morgan fingerprint density at radius 2 is 1.77 bits per heavy atom. The second-order valence-electron chi connectivity index (χ2n) is 9.47. The minimum atomic E-state index is -0.515. The maximum absolute atomic E-state index is 10.7. The Balaban J connectivity index is 1.60. The van der Waals surface area contributed by atoms with Gasteiger partial charge in [0.15, 0.2) is 0 Å². The molecule has 1 aliphatic rings. The Hall–Kier alpha value is -2.67. The number of nitrogens with zero attached hydrogens (tertiary/aromatic N) is 3. The maximum atomic E-state index is 10.7. The smallest absolute Gasteiger partial charge is 0.227 e. The molecule has 35 heavy (non-hydrogen) atoms. The summed E-state index contributed by atoms with van der Waals surface area (Å²) in [6.07, 6.45) is 4.93. The number of aliphatic hydroxyl groups is 1. The lowest BCUT2D eigenvalue weighted by Crippen LogP contribution is -2.36. The molecule has 1 N–H and O–H groups in total. The summed E-state index contributed by atoms with van der Waals surface area (Å²) in [6, 6.07) is 20.0. The van der Waals surface area contributed by atoms with Crippen molar-refractivity contribution in [3.05, 3.63) is 71.9 Å². The Kier molecular flexibility index (Phi) is 9.35. The fourth-order valence-corrected chi connectivity index (χ4v) is 4.28. The van der Waals surface area contributed by atoms with Crippen LogP contribution in [0, 0.1) is 5.92 Å². The lowest BCUT2D eigenvalue weighted by Gasteiger charge is -2.25. The molecule has 6 heteroatoms. The van der Waals surface area contributed by atoms with Crippen LogP contribution in [-0.4, -0.2) is 52.2 Å². The summed E-state index contributed by atoms with van der Waals surface area (Å²) in [5, 5.41) is 15.7. The van der Waals surface area contributed by atoms with Crippen molar-refractivity contribution in [1.29, 1.82) is 0 Å². The molecule has 0 amide bonds. The lowest BCUT2D eigenvalue weighted by atomic mass is 10.1. The van der Waals surface area contributed by atoms with E-state index in [0.717, 1.165) is 54.4 Å². The van der Waals surface area contributed by atoms with E-state index in [2.05, 4.69) is 18.7 Å². The largest absolute Gasteiger partial charge is 0.439 e. The molecule has 1 fully saturated rings. The van der Waals surface area contributed by atoms with Gasteiger partial charge in [-0.2, -0.15) is 5.10 Å². The Morgan fingerprint density at radius 1 is 1.06 bits per heavy atom. The first-order valence-corrected chi connectivity index (χ1v) is 13.0. The highest BCUT2D eigenvalue weighted by molar-refractivity contribution is 5.43. The number of para-hydroxylation sites is 2. The van der Waals surface area contributed by atoms with Crippen molar-refractivity contribution in [2.75, 3.05) is 26.3 Å². The summed E-state index contributed by atoms with van der Waals surface area (Å²) < 4.78 is 14.1. The molecule has 3 aromatic rings. The van der Waals surface area contributed by atoms with Crippen molar-refractivity contribution in [2.45, 2.75) is 58.6 Å². The van der Waals surface area contributed by atoms with Gasteiger partial charge < -0.3 is 14.6 Å². The summed E-state index contributed by atoms with van der Waals surface area (Å²) in [5.74, 6) is 2.23. The number of hydrogen-bond donors (Lipinski definition) is 1. The van der Waals surface area contributed by atoms with Crippen molar-refractivity contribution in [3.8, 4) is 17.3 Å². The third-order valence-electron chi connectivity index (χ3n) is 6.33. The molecule has 1 unspecified atom stereocenters. The summed E-state index contributed by atoms with van der Waals surface area (Å²) in [5.41, 5.74) is 3.08. The Morgan fingerprint density at radius 3 is 2.43 bits per heavy atom. The van der Waals surface area contributed by atoms with Gasteiger partial charge in [-0.1, -0.05) is 56.7 Å². The van der Waals surface area contributed by atoms with Crippen LogP contribution in [0.4, 0.5) is 0 Å². The minimum absolute atomic E-state index is 0.373. The number of rotatable bonds is 15. The third kappa shape index (κ3) is 7.40. The Bertz CT molecular complexity index is 1020. The Labute approximate surface area is 209 Å². The van der Waals surface area contributed by atoms with Gasteiger partial charge in [-0.25, -0.2) is 4.68 Å². The van der Waals surface area contributed by atoms with Gasteiger partial charge >= 0.3 is 0 Å². The molecular weight excluding hydrogens is 438 g/mol. The molecule has 1 atom stereocenters. The SMILES string of the molecule is CCCCOCC(O)CN(Cc1c(CC)nn(-c2ccccc2)c1Oc1ccccc1)CC1CC1. The highest BCUT2D eigenvalue weighted by Crippen LogP contribution is 2.34. The fraction of sp³-hybridized carbons (Fsp3) is 0.483. The average molecular weight is 478 g/mol. The van der Waals surface area contributed by atoms with Crippen LogP contribution in [0.1, 0.15) is 50.8 Å². The predicted octanol–water partition coefficient (Wildman–Crippen LogP) is 5.62. The number of aromatic nitrogens is 2. The molecule has 1 aliphatic carbocycles. The standard InChI is InChI=1S/C29H39N3O3/c1-3-5-18-34-22-25(33)20-31(19-23-16-17-23)21-27-28(4-2)30-32(24-12-8-6-9-13-24)29(27)35-26-14-10-7-11-15-26/h6-15,23,25,33H,3-5,16-22H2,1-2H3. The van der Waals surface area contributed by atoms with Gasteiger partial charge in [0.1, 0.15) is 5.75 Å². The molecule has 2 aromatic carbocycles. The van der Waals surface area contributed by atoms with E-state index in [-0.39, 0.29) is 0 Å². The van der Waals surface area contributed by atoms with Crippen molar-refractivity contribution in [3.63, 3.8) is 0 Å². The topological polar surface area (TPSA) is 59.8 Å². The van der Waals surface area contributed by atoms with E-state index < -0.39 is 6.10 Å². The molecule has 0 bridgehead atoms. The van der Waals surface area contributed by atoms with Crippen molar-refractivity contribution < 1.29 is 14.6 Å². The summed E-state index contributed by atoms with van der Waals surface area (Å²) in [6.45, 7) is 7.58. The van der Waals surface area contributed by atoms with E-state index in [1.807, 2.05) is 65.3 Å². The van der Waals surface area contributed by atoms with E-state index in [1.54, 1.807) is 0 Å². The van der Waals surface area contributed by atoms with Crippen LogP contribution in [0.3, 0.4) is 0 Å². The van der Waals surface area contributed by atoms with Crippen LogP contribution in [0.2, 0.25) is 0 Å². The van der Waals surface area contributed by atoms with Crippen molar-refractivity contribution in [1.82, 2.24) is 14.7 Å². The highest BCUT2D eigenvalue weighted by atomic mass is 16.5. The molecule has 0 aliphatic heterocycles. The first kappa shape index (κ1) is 25.4. The average Bonchev–Trinajstić information content (AvgIpc) is 3.64. The van der Waals surface area contributed by atoms with Gasteiger partial charge in [0.25, 0.3) is 0 Å². The van der Waals surface area contributed by atoms with Gasteiger partial charge in [0, 0.05) is 26.2 Å². The van der Waals surface area contributed by atoms with Gasteiger partial charge in [-0.15, -0.1) is 0 Å². The molecule has 188 valence electrons. The predicted molar refractivity (Wildman–Crippen MR) is 139 cm³/mol. The van der Waals surface area contributed by atoms with E-state index in [0.29, 0.717) is 32.2 Å². The van der Waals surface area contributed by atoms with Crippen LogP contribution < -0.4 is 4.74 Å². The van der Waals surface area contributed by atoms with Crippen molar-refractivity contribution >= 4 is 0 Å². The van der Waals surface area contributed by atoms with Crippen LogP contribution in [0.15, 0.2) is 60.7 Å². The fourth-order valence-electron chi connectivity index (χ4n) is 4.28. The number of aliphatic hydroxyl groups excluding tert-OH is 1. The maximum Gasteiger partial charge on any atom is 0.227 e. The van der Waals surface area contributed by atoms with E-state index in [9.17, 15) is 5.11 Å². The molecule has 1 heterocycles. The monoisotopic (exact) mass is 477 g/mol. The van der Waals surface area contributed by atoms with Gasteiger partial charge in [0.2, 0.25) is 5.88 Å². The molecule has 0 radical (unpaired) electrons. The zero-order chi connectivity index (χ0) is 24.5. The van der Waals surface area contributed by atoms with Crippen LogP contribution in [0.25, 0.3) is 5.69 Å². The molecule has 0 saturated heterocycles. The molecule has 6 nitrogen and oxygen atoms in total. The first-order valence-electron chi connectivity index (χ1n) is 13.0. The van der Waals surface area contributed by atoms with E-state index in [4.69, 9.17) is 14.6 Å². The summed E-state index contributed by atoms with van der Waals surface area (Å²) in [4.78, 5) is 2.36. The molecule has 1 saturated carbocycles. The van der Waals surface area contributed by atoms with Crippen LogP contribution >= 0.6 is 0 Å². The molecular formula is C29H39N3O3. The normalized spacial score (nSPS) is 14.4. The minimum Gasteiger partial charge on any atom is -0.439 e. The number of unbranched alkanes of at least 4 members (excludes halogenated alkanes) is 1. The highest BCUT2D eigenvalue weighted by Gasteiger charge is 2.28. The van der Waals surface area contributed by atoms with Gasteiger partial charge in [0.05, 0.1) is 29.7 Å². The van der Waals surface area contributed by atoms with Gasteiger partial charge in [-0.05, 0) is 55.9 Å². The van der Waals surface area contributed by atoms with Crippen molar-refractivity contribution in [2.24, 2.45) is 5.92 Å². The van der Waals surface area contributed by atoms with E-state index >= 15 is 0 Å². The number of ether oxygens (including phenoxy) is 2. The molecule has 0 spiro atoms. The summed E-state index contributed by atoms with van der Waals surface area (Å²) in [7, 11) is 0. The van der Waals surface area contributed by atoms with Crippen LogP contribution in [-0.2, 0) is 17.7 Å². The van der Waals surface area contributed by atoms with Gasteiger partial charge in [-0.3, -0.25) is 4.90 Å². The molecule has 1 aromatic heterocycles. The molecule has 4 rings (SSSR count). The lowest BCUT2D eigenvalue weighted by molar-refractivity contribution is 0.0134. The number of hydrogen-bond acceptors (Lipinski definition) is 5. The van der Waals surface area contributed by atoms with Crippen LogP contribution in [0.5, 0.6) is 11.6 Å². The second kappa shape index (κ2) is 12.9. The number of benzene rings is 2. The number of aryl methyl sites for hydroxylation is 1. The third-order valence-corrected chi connectivity index (χ3v) is 6.33. The summed E-state index contributed by atoms with van der Waals surface area (Å²) >= 11 is 0. The second-order valence-corrected chi connectivity index (χ2v) is 9.47. The quantitative estimate of drug-likeness (QED) is 0.288. The zero-order valence-corrected chi connectivity index (χ0v) is 21.1.